The quantitative estimate of drug-likeness (QED) is 0.793. The number of fused-ring (bicyclic) bond motifs is 1. The Morgan fingerprint density at radius 1 is 1.53 bits per heavy atom. The van der Waals surface area contributed by atoms with E-state index in [4.69, 9.17) is 4.74 Å². The Kier molecular flexibility index (Phi) is 4.40. The third-order valence-corrected chi connectivity index (χ3v) is 3.93. The number of carbonyl (C=O) groups excluding carboxylic acids is 1. The molecule has 0 spiro atoms. The number of carbonyl (C=O) groups is 1. The molecule has 0 aromatic heterocycles. The summed E-state index contributed by atoms with van der Waals surface area (Å²) in [6, 6.07) is 0.547. The van der Waals surface area contributed by atoms with Crippen LogP contribution >= 0.6 is 0 Å². The second-order valence-electron chi connectivity index (χ2n) is 5.53. The van der Waals surface area contributed by atoms with Crippen molar-refractivity contribution in [1.82, 2.24) is 10.2 Å². The van der Waals surface area contributed by atoms with Crippen molar-refractivity contribution in [3.63, 3.8) is 0 Å². The largest absolute Gasteiger partial charge is 0.384 e. The molecule has 1 N–H and O–H groups in total. The zero-order chi connectivity index (χ0) is 12.3. The van der Waals surface area contributed by atoms with Crippen LogP contribution in [0, 0.1) is 11.8 Å². The van der Waals surface area contributed by atoms with Crippen molar-refractivity contribution in [3.8, 4) is 0 Å². The van der Waals surface area contributed by atoms with Crippen LogP contribution in [0.3, 0.4) is 0 Å². The van der Waals surface area contributed by atoms with E-state index in [-0.39, 0.29) is 0 Å². The summed E-state index contributed by atoms with van der Waals surface area (Å²) in [6.07, 6.45) is 3.14. The van der Waals surface area contributed by atoms with E-state index in [1.807, 2.05) is 4.90 Å². The van der Waals surface area contributed by atoms with Crippen LogP contribution in [0.1, 0.15) is 26.2 Å². The number of piperidine rings is 1. The maximum absolute atomic E-state index is 12.1. The van der Waals surface area contributed by atoms with Crippen LogP contribution in [0.25, 0.3) is 0 Å². The second-order valence-corrected chi connectivity index (χ2v) is 5.53. The van der Waals surface area contributed by atoms with E-state index in [1.54, 1.807) is 7.11 Å². The molecule has 0 aliphatic carbocycles. The minimum atomic E-state index is 0.297. The molecule has 3 atom stereocenters. The number of nitrogens with one attached hydrogen (secondary N) is 1. The average molecular weight is 240 g/mol. The summed E-state index contributed by atoms with van der Waals surface area (Å²) in [5.41, 5.74) is 0. The first-order valence-corrected chi connectivity index (χ1v) is 6.70. The van der Waals surface area contributed by atoms with Crippen LogP contribution in [0.5, 0.6) is 0 Å². The molecule has 1 unspecified atom stereocenters. The van der Waals surface area contributed by atoms with Gasteiger partial charge in [-0.2, -0.15) is 0 Å². The monoisotopic (exact) mass is 240 g/mol. The number of hydrogen-bond acceptors (Lipinski definition) is 3. The highest BCUT2D eigenvalue weighted by Gasteiger charge is 2.36. The van der Waals surface area contributed by atoms with Crippen LogP contribution in [-0.4, -0.2) is 50.2 Å². The minimum absolute atomic E-state index is 0.297. The highest BCUT2D eigenvalue weighted by Crippen LogP contribution is 2.25. The predicted molar refractivity (Wildman–Crippen MR) is 66.8 cm³/mol. The Labute approximate surface area is 104 Å². The van der Waals surface area contributed by atoms with Gasteiger partial charge in [-0.25, -0.2) is 0 Å². The van der Waals surface area contributed by atoms with Crippen molar-refractivity contribution < 1.29 is 9.53 Å². The van der Waals surface area contributed by atoms with E-state index < -0.39 is 0 Å². The number of ether oxygens (including phenoxy) is 1. The molecule has 2 aliphatic rings. The molecular weight excluding hydrogens is 216 g/mol. The fourth-order valence-corrected chi connectivity index (χ4v) is 3.02. The van der Waals surface area contributed by atoms with Gasteiger partial charge in [-0.15, -0.1) is 0 Å². The van der Waals surface area contributed by atoms with Gasteiger partial charge in [-0.3, -0.25) is 4.79 Å². The molecule has 17 heavy (non-hydrogen) atoms. The molecular formula is C13H24N2O2. The van der Waals surface area contributed by atoms with Crippen molar-refractivity contribution in [2.75, 3.05) is 33.4 Å². The molecule has 2 heterocycles. The standard InChI is InChI=1S/C13H24N2O2/c1-10(9-17-2)6-13(16)15-7-11-4-3-5-14-12(11)8-15/h10-12,14H,3-9H2,1-2H3/t10?,11-,12+/m0/s1. The van der Waals surface area contributed by atoms with Crippen molar-refractivity contribution in [1.29, 1.82) is 0 Å². The normalized spacial score (nSPS) is 30.1. The number of hydrogen-bond donors (Lipinski definition) is 1. The molecule has 2 rings (SSSR count). The predicted octanol–water partition coefficient (Wildman–Crippen LogP) is 0.869. The SMILES string of the molecule is COCC(C)CC(=O)N1C[C@@H]2CCCN[C@@H]2C1. The zero-order valence-corrected chi connectivity index (χ0v) is 10.9. The lowest BCUT2D eigenvalue weighted by atomic mass is 9.94. The number of methoxy groups -OCH3 is 1. The lowest BCUT2D eigenvalue weighted by Gasteiger charge is -2.24. The molecule has 0 aromatic rings. The molecule has 0 bridgehead atoms. The smallest absolute Gasteiger partial charge is 0.222 e. The lowest BCUT2D eigenvalue weighted by Crippen LogP contribution is -2.41. The van der Waals surface area contributed by atoms with Gasteiger partial charge >= 0.3 is 0 Å². The molecule has 0 radical (unpaired) electrons. The maximum atomic E-state index is 12.1. The van der Waals surface area contributed by atoms with Crippen LogP contribution < -0.4 is 5.32 Å². The number of rotatable bonds is 4. The molecule has 4 heteroatoms. The van der Waals surface area contributed by atoms with Gasteiger partial charge in [0.05, 0.1) is 0 Å². The van der Waals surface area contributed by atoms with Gasteiger partial charge < -0.3 is 15.0 Å². The van der Waals surface area contributed by atoms with Gasteiger partial charge in [0.15, 0.2) is 0 Å². The fourth-order valence-electron chi connectivity index (χ4n) is 3.02. The Hall–Kier alpha value is -0.610. The highest BCUT2D eigenvalue weighted by atomic mass is 16.5. The van der Waals surface area contributed by atoms with E-state index in [0.717, 1.165) is 19.6 Å². The summed E-state index contributed by atoms with van der Waals surface area (Å²) in [6.45, 7) is 5.72. The van der Waals surface area contributed by atoms with Crippen LogP contribution in [0.2, 0.25) is 0 Å². The van der Waals surface area contributed by atoms with Crippen molar-refractivity contribution in [3.05, 3.63) is 0 Å². The summed E-state index contributed by atoms with van der Waals surface area (Å²) >= 11 is 0. The van der Waals surface area contributed by atoms with Crippen LogP contribution in [-0.2, 0) is 9.53 Å². The molecule has 0 aromatic carbocycles. The van der Waals surface area contributed by atoms with Crippen LogP contribution in [0.4, 0.5) is 0 Å². The summed E-state index contributed by atoms with van der Waals surface area (Å²) in [7, 11) is 1.69. The first-order chi connectivity index (χ1) is 8.20. The summed E-state index contributed by atoms with van der Waals surface area (Å²) < 4.78 is 5.08. The Morgan fingerprint density at radius 2 is 2.35 bits per heavy atom. The van der Waals surface area contributed by atoms with Crippen molar-refractivity contribution >= 4 is 5.91 Å². The molecule has 2 aliphatic heterocycles. The van der Waals surface area contributed by atoms with E-state index in [0.29, 0.717) is 36.8 Å². The Balaban J connectivity index is 1.80. The van der Waals surface area contributed by atoms with Crippen molar-refractivity contribution in [2.24, 2.45) is 11.8 Å². The molecule has 0 saturated carbocycles. The average Bonchev–Trinajstić information content (AvgIpc) is 2.72. The van der Waals surface area contributed by atoms with Gasteiger partial charge in [0.25, 0.3) is 0 Å². The zero-order valence-electron chi connectivity index (χ0n) is 10.9. The van der Waals surface area contributed by atoms with E-state index in [1.165, 1.54) is 12.8 Å². The topological polar surface area (TPSA) is 41.6 Å². The summed E-state index contributed by atoms with van der Waals surface area (Å²) in [5, 5.41) is 3.53. The Bertz CT molecular complexity index is 256. The summed E-state index contributed by atoms with van der Waals surface area (Å²) in [4.78, 5) is 14.2. The van der Waals surface area contributed by atoms with Gasteiger partial charge in [0, 0.05) is 39.3 Å². The first kappa shape index (κ1) is 12.8. The second kappa shape index (κ2) is 5.83. The van der Waals surface area contributed by atoms with E-state index in [2.05, 4.69) is 12.2 Å². The van der Waals surface area contributed by atoms with Crippen LogP contribution in [0.15, 0.2) is 0 Å². The van der Waals surface area contributed by atoms with Gasteiger partial charge in [0.2, 0.25) is 5.91 Å². The fraction of sp³-hybridized carbons (Fsp3) is 0.923. The molecule has 2 saturated heterocycles. The molecule has 4 nitrogen and oxygen atoms in total. The lowest BCUT2D eigenvalue weighted by molar-refractivity contribution is -0.131. The van der Waals surface area contributed by atoms with Crippen molar-refractivity contribution in [2.45, 2.75) is 32.2 Å². The first-order valence-electron chi connectivity index (χ1n) is 6.70. The van der Waals surface area contributed by atoms with Gasteiger partial charge in [-0.05, 0) is 31.2 Å². The maximum Gasteiger partial charge on any atom is 0.222 e. The number of nitrogens with zero attached hydrogens (tertiary/aromatic N) is 1. The van der Waals surface area contributed by atoms with Gasteiger partial charge in [-0.1, -0.05) is 6.92 Å². The Morgan fingerprint density at radius 3 is 3.06 bits per heavy atom. The van der Waals surface area contributed by atoms with E-state index >= 15 is 0 Å². The third-order valence-electron chi connectivity index (χ3n) is 3.93. The molecule has 98 valence electrons. The van der Waals surface area contributed by atoms with Gasteiger partial charge in [0.1, 0.15) is 0 Å². The molecule has 2 fully saturated rings. The number of amides is 1. The minimum Gasteiger partial charge on any atom is -0.384 e. The summed E-state index contributed by atoms with van der Waals surface area (Å²) in [5.74, 6) is 1.30. The third kappa shape index (κ3) is 3.19. The van der Waals surface area contributed by atoms with E-state index in [9.17, 15) is 4.79 Å². The number of likely N-dealkylation sites (tertiary alicyclic amines) is 1. The molecule has 1 amide bonds. The highest BCUT2D eigenvalue weighted by molar-refractivity contribution is 5.76.